The van der Waals surface area contributed by atoms with Gasteiger partial charge >= 0.3 is 0 Å². The zero-order valence-electron chi connectivity index (χ0n) is 23.5. The second-order valence-electron chi connectivity index (χ2n) is 9.16. The van der Waals surface area contributed by atoms with E-state index in [1.807, 2.05) is 105 Å². The molecule has 5 rings (SSSR count). The molecule has 0 amide bonds. The van der Waals surface area contributed by atoms with Gasteiger partial charge in [0.15, 0.2) is 7.29 Å². The fraction of sp³-hybridized carbons (Fsp3) is 0.211. The zero-order chi connectivity index (χ0) is 27.9. The minimum atomic E-state index is -2.58. The Morgan fingerprint density at radius 1 is 0.537 bits per heavy atom. The van der Waals surface area contributed by atoms with Crippen LogP contribution < -0.4 is 0 Å². The number of rotatable bonds is 6. The van der Waals surface area contributed by atoms with E-state index in [2.05, 4.69) is 85.0 Å². The van der Waals surface area contributed by atoms with Gasteiger partial charge in [-0.2, -0.15) is 0 Å². The maximum absolute atomic E-state index is 13.8. The van der Waals surface area contributed by atoms with Gasteiger partial charge in [-0.1, -0.05) is 186 Å². The molecule has 2 nitrogen and oxygen atoms in total. The lowest BCUT2D eigenvalue weighted by atomic mass is 10.1. The van der Waals surface area contributed by atoms with E-state index in [4.69, 9.17) is 0 Å². The average molecular weight is 566 g/mol. The van der Waals surface area contributed by atoms with Crippen molar-refractivity contribution in [3.8, 4) is 0 Å². The highest BCUT2D eigenvalue weighted by molar-refractivity contribution is 7.63. The summed E-state index contributed by atoms with van der Waals surface area (Å²) in [6.07, 6.45) is 12.5. The molecule has 1 unspecified atom stereocenters. The first-order chi connectivity index (χ1) is 19.1. The Balaban J connectivity index is 0.000000380. The van der Waals surface area contributed by atoms with Gasteiger partial charge in [-0.15, -0.1) is 0 Å². The maximum atomic E-state index is 13.8. The van der Waals surface area contributed by atoms with Crippen molar-refractivity contribution in [1.82, 2.24) is 4.67 Å². The summed E-state index contributed by atoms with van der Waals surface area (Å²) in [5.74, 6) is 0. The topological polar surface area (TPSA) is 20.3 Å². The van der Waals surface area contributed by atoms with E-state index in [1.165, 1.54) is 11.1 Å². The van der Waals surface area contributed by atoms with Crippen LogP contribution in [0.2, 0.25) is 0 Å². The highest BCUT2D eigenvalue weighted by atomic mass is 31.2. The lowest BCUT2D eigenvalue weighted by molar-refractivity contribution is 0.505. The standard InChI is InChI=1S/C18H20NOP.C16H14.C2H6.2CH4/c1-19(2)21(20)17(15-9-5-3-6-10-15)13-14-18(21)16-11-7-4-8-12-16;1-3-9-15(10-4-1)13-7-8-14-16-11-5-2-6-12-16;1-2;;/h3-14,17-18H,1-2H3;1-14H;1-2H3;2*1H4/b;13-7+,14-8+;;;/t17-,18+,21?;;;;. The third-order valence-electron chi connectivity index (χ3n) is 6.47. The smallest absolute Gasteiger partial charge is 0.171 e. The molecule has 4 aromatic carbocycles. The molecular formula is C38H48NOP. The first-order valence-corrected chi connectivity index (χ1v) is 15.4. The summed E-state index contributed by atoms with van der Waals surface area (Å²) in [6.45, 7) is 4.00. The van der Waals surface area contributed by atoms with E-state index >= 15 is 0 Å². The van der Waals surface area contributed by atoms with Crippen LogP contribution in [0.1, 0.15) is 62.3 Å². The second kappa shape index (κ2) is 18.6. The predicted octanol–water partition coefficient (Wildman–Crippen LogP) is 11.6. The Morgan fingerprint density at radius 2 is 0.829 bits per heavy atom. The summed E-state index contributed by atoms with van der Waals surface area (Å²) >= 11 is 0. The van der Waals surface area contributed by atoms with Gasteiger partial charge in [-0.25, -0.2) is 0 Å². The first-order valence-electron chi connectivity index (χ1n) is 13.6. The first kappa shape index (κ1) is 35.3. The molecule has 0 spiro atoms. The van der Waals surface area contributed by atoms with Gasteiger partial charge in [0, 0.05) is 0 Å². The zero-order valence-corrected chi connectivity index (χ0v) is 24.4. The summed E-state index contributed by atoms with van der Waals surface area (Å²) < 4.78 is 15.8. The van der Waals surface area contributed by atoms with Crippen LogP contribution in [0.3, 0.4) is 0 Å². The largest absolute Gasteiger partial charge is 0.305 e. The molecule has 4 aromatic rings. The van der Waals surface area contributed by atoms with E-state index in [9.17, 15) is 4.57 Å². The minimum Gasteiger partial charge on any atom is -0.305 e. The Hall–Kier alpha value is -3.71. The fourth-order valence-corrected chi connectivity index (χ4v) is 7.77. The molecule has 0 saturated heterocycles. The van der Waals surface area contributed by atoms with Crippen molar-refractivity contribution in [1.29, 1.82) is 0 Å². The van der Waals surface area contributed by atoms with Crippen LogP contribution in [0, 0.1) is 0 Å². The van der Waals surface area contributed by atoms with Gasteiger partial charge in [-0.05, 0) is 36.3 Å². The summed E-state index contributed by atoms with van der Waals surface area (Å²) in [5.41, 5.74) is 4.65. The molecule has 41 heavy (non-hydrogen) atoms. The summed E-state index contributed by atoms with van der Waals surface area (Å²) in [6, 6.07) is 40.9. The average Bonchev–Trinajstić information content (AvgIpc) is 3.37. The lowest BCUT2D eigenvalue weighted by Gasteiger charge is -2.32. The normalized spacial score (nSPS) is 19.0. The molecule has 1 aliphatic heterocycles. The van der Waals surface area contributed by atoms with Crippen LogP contribution in [0.5, 0.6) is 0 Å². The van der Waals surface area contributed by atoms with Crippen LogP contribution in [0.4, 0.5) is 0 Å². The fourth-order valence-electron chi connectivity index (χ4n) is 4.54. The van der Waals surface area contributed by atoms with Crippen LogP contribution >= 0.6 is 7.29 Å². The SMILES string of the molecule is C.C.C(/C=C/c1ccccc1)=C\c1ccccc1.CC.CN(C)P1(=O)[C@@H](c2ccccc2)C=C[C@H]1c1ccccc1. The summed E-state index contributed by atoms with van der Waals surface area (Å²) in [4.78, 5) is 0. The van der Waals surface area contributed by atoms with Crippen LogP contribution in [0.25, 0.3) is 12.2 Å². The molecule has 0 aromatic heterocycles. The van der Waals surface area contributed by atoms with E-state index in [-0.39, 0.29) is 26.2 Å². The van der Waals surface area contributed by atoms with Crippen molar-refractivity contribution in [2.24, 2.45) is 0 Å². The van der Waals surface area contributed by atoms with Crippen LogP contribution in [-0.2, 0) is 4.57 Å². The Labute approximate surface area is 250 Å². The van der Waals surface area contributed by atoms with Crippen molar-refractivity contribution >= 4 is 19.4 Å². The highest BCUT2D eigenvalue weighted by Gasteiger charge is 2.45. The molecule has 0 bridgehead atoms. The Bertz CT molecular complexity index is 1260. The van der Waals surface area contributed by atoms with Crippen LogP contribution in [-0.4, -0.2) is 18.8 Å². The van der Waals surface area contributed by atoms with E-state index < -0.39 is 7.29 Å². The van der Waals surface area contributed by atoms with Gasteiger partial charge in [0.05, 0.1) is 11.3 Å². The quantitative estimate of drug-likeness (QED) is 0.132. The number of allylic oxidation sites excluding steroid dienone is 4. The molecule has 3 atom stereocenters. The van der Waals surface area contributed by atoms with E-state index in [0.717, 1.165) is 11.1 Å². The van der Waals surface area contributed by atoms with Gasteiger partial charge in [-0.3, -0.25) is 4.67 Å². The van der Waals surface area contributed by atoms with Gasteiger partial charge in [0.2, 0.25) is 0 Å². The number of benzene rings is 4. The molecule has 0 N–H and O–H groups in total. The van der Waals surface area contributed by atoms with Crippen molar-refractivity contribution < 1.29 is 4.57 Å². The molecule has 0 aliphatic carbocycles. The van der Waals surface area contributed by atoms with Gasteiger partial charge in [0.25, 0.3) is 0 Å². The maximum Gasteiger partial charge on any atom is 0.171 e. The number of nitrogens with zero attached hydrogens (tertiary/aromatic N) is 1. The van der Waals surface area contributed by atoms with Gasteiger partial charge in [0.1, 0.15) is 0 Å². The van der Waals surface area contributed by atoms with Crippen molar-refractivity contribution in [2.45, 2.75) is 40.0 Å². The van der Waals surface area contributed by atoms with Gasteiger partial charge < -0.3 is 4.57 Å². The minimum absolute atomic E-state index is 0. The molecule has 216 valence electrons. The summed E-state index contributed by atoms with van der Waals surface area (Å²) in [5, 5.41) is 0. The molecule has 0 fully saturated rings. The lowest BCUT2D eigenvalue weighted by Crippen LogP contribution is -2.15. The molecule has 1 heterocycles. The van der Waals surface area contributed by atoms with Crippen molar-refractivity contribution in [2.75, 3.05) is 14.1 Å². The third-order valence-corrected chi connectivity index (χ3v) is 10.3. The van der Waals surface area contributed by atoms with Crippen molar-refractivity contribution in [3.63, 3.8) is 0 Å². The Kier molecular flexibility index (Phi) is 16.0. The van der Waals surface area contributed by atoms with E-state index in [1.54, 1.807) is 0 Å². The highest BCUT2D eigenvalue weighted by Crippen LogP contribution is 2.74. The molecule has 1 aliphatic rings. The van der Waals surface area contributed by atoms with Crippen molar-refractivity contribution in [3.05, 3.63) is 168 Å². The monoisotopic (exact) mass is 565 g/mol. The number of hydrogen-bond donors (Lipinski definition) is 0. The number of hydrogen-bond acceptors (Lipinski definition) is 1. The Morgan fingerprint density at radius 3 is 1.12 bits per heavy atom. The second-order valence-corrected chi connectivity index (χ2v) is 12.4. The molecular weight excluding hydrogens is 517 g/mol. The molecule has 3 heteroatoms. The summed E-state index contributed by atoms with van der Waals surface area (Å²) in [7, 11) is 1.28. The third kappa shape index (κ3) is 9.71. The molecule has 0 radical (unpaired) electrons. The predicted molar refractivity (Wildman–Crippen MR) is 185 cm³/mol. The molecule has 0 saturated carbocycles. The van der Waals surface area contributed by atoms with Crippen LogP contribution in [0.15, 0.2) is 146 Å². The van der Waals surface area contributed by atoms with E-state index in [0.29, 0.717) is 0 Å².